The second-order valence-electron chi connectivity index (χ2n) is 3.10. The summed E-state index contributed by atoms with van der Waals surface area (Å²) in [6.07, 6.45) is 0.857. The Hall–Kier alpha value is -0.800. The van der Waals surface area contributed by atoms with E-state index in [9.17, 15) is 4.39 Å². The quantitative estimate of drug-likeness (QED) is 0.759. The standard InChI is InChI=1S/C11H15ClFNO/c1-2-15-7-3-6-14-11-5-4-9(12)8-10(11)13/h4-5,8,14H,2-3,6-7H2,1H3. The highest BCUT2D eigenvalue weighted by molar-refractivity contribution is 6.30. The summed E-state index contributed by atoms with van der Waals surface area (Å²) in [6, 6.07) is 4.60. The molecular weight excluding hydrogens is 217 g/mol. The molecule has 0 amide bonds. The van der Waals surface area contributed by atoms with Gasteiger partial charge in [0.05, 0.1) is 5.69 Å². The zero-order valence-electron chi connectivity index (χ0n) is 8.72. The maximum atomic E-state index is 13.2. The van der Waals surface area contributed by atoms with Crippen LogP contribution in [0, 0.1) is 5.82 Å². The lowest BCUT2D eigenvalue weighted by molar-refractivity contribution is 0.147. The van der Waals surface area contributed by atoms with Crippen LogP contribution in [0.5, 0.6) is 0 Å². The van der Waals surface area contributed by atoms with Gasteiger partial charge in [-0.2, -0.15) is 0 Å². The average Bonchev–Trinajstić information content (AvgIpc) is 2.20. The Bertz CT molecular complexity index is 307. The molecule has 0 aliphatic carbocycles. The van der Waals surface area contributed by atoms with Gasteiger partial charge in [-0.1, -0.05) is 11.6 Å². The van der Waals surface area contributed by atoms with Gasteiger partial charge in [-0.15, -0.1) is 0 Å². The summed E-state index contributed by atoms with van der Waals surface area (Å²) in [6.45, 7) is 4.05. The zero-order valence-corrected chi connectivity index (χ0v) is 9.48. The van der Waals surface area contributed by atoms with E-state index >= 15 is 0 Å². The summed E-state index contributed by atoms with van der Waals surface area (Å²) in [5.41, 5.74) is 0.482. The first-order chi connectivity index (χ1) is 7.24. The number of hydrogen-bond acceptors (Lipinski definition) is 2. The van der Waals surface area contributed by atoms with Crippen molar-refractivity contribution >= 4 is 17.3 Å². The fourth-order valence-corrected chi connectivity index (χ4v) is 1.33. The van der Waals surface area contributed by atoms with Gasteiger partial charge in [-0.3, -0.25) is 0 Å². The fraction of sp³-hybridized carbons (Fsp3) is 0.455. The molecule has 0 bridgehead atoms. The number of rotatable bonds is 6. The van der Waals surface area contributed by atoms with E-state index in [1.807, 2.05) is 6.92 Å². The number of ether oxygens (including phenoxy) is 1. The summed E-state index contributed by atoms with van der Waals surface area (Å²) < 4.78 is 18.4. The van der Waals surface area contributed by atoms with Crippen LogP contribution >= 0.6 is 11.6 Å². The van der Waals surface area contributed by atoms with E-state index in [0.29, 0.717) is 23.9 Å². The van der Waals surface area contributed by atoms with E-state index < -0.39 is 0 Å². The van der Waals surface area contributed by atoms with Crippen LogP contribution in [-0.2, 0) is 4.74 Å². The van der Waals surface area contributed by atoms with Crippen molar-refractivity contribution in [1.82, 2.24) is 0 Å². The summed E-state index contributed by atoms with van der Waals surface area (Å²) >= 11 is 5.63. The van der Waals surface area contributed by atoms with E-state index in [1.165, 1.54) is 6.07 Å². The van der Waals surface area contributed by atoms with E-state index in [4.69, 9.17) is 16.3 Å². The molecule has 2 nitrogen and oxygen atoms in total. The molecular formula is C11H15ClFNO. The maximum absolute atomic E-state index is 13.2. The van der Waals surface area contributed by atoms with Gasteiger partial charge in [0, 0.05) is 24.8 Å². The molecule has 1 aromatic rings. The van der Waals surface area contributed by atoms with Crippen molar-refractivity contribution in [3.63, 3.8) is 0 Å². The third kappa shape index (κ3) is 4.49. The highest BCUT2D eigenvalue weighted by Gasteiger charge is 2.01. The lowest BCUT2D eigenvalue weighted by Gasteiger charge is -2.07. The number of nitrogens with one attached hydrogen (secondary N) is 1. The molecule has 4 heteroatoms. The van der Waals surface area contributed by atoms with Crippen molar-refractivity contribution in [2.24, 2.45) is 0 Å². The Labute approximate surface area is 94.4 Å². The van der Waals surface area contributed by atoms with Crippen molar-refractivity contribution in [3.05, 3.63) is 29.0 Å². The van der Waals surface area contributed by atoms with E-state index in [1.54, 1.807) is 12.1 Å². The van der Waals surface area contributed by atoms with Crippen LogP contribution < -0.4 is 5.32 Å². The molecule has 0 heterocycles. The topological polar surface area (TPSA) is 21.3 Å². The first-order valence-corrected chi connectivity index (χ1v) is 5.38. The summed E-state index contributed by atoms with van der Waals surface area (Å²) in [4.78, 5) is 0. The van der Waals surface area contributed by atoms with Crippen molar-refractivity contribution in [2.75, 3.05) is 25.1 Å². The predicted molar refractivity (Wildman–Crippen MR) is 61.0 cm³/mol. The molecule has 0 aliphatic heterocycles. The molecule has 0 saturated carbocycles. The molecule has 0 radical (unpaired) electrons. The van der Waals surface area contributed by atoms with Gasteiger partial charge in [0.15, 0.2) is 0 Å². The van der Waals surface area contributed by atoms with Gasteiger partial charge in [0.2, 0.25) is 0 Å². The van der Waals surface area contributed by atoms with Crippen LogP contribution in [0.25, 0.3) is 0 Å². The largest absolute Gasteiger partial charge is 0.383 e. The van der Waals surface area contributed by atoms with Gasteiger partial charge in [-0.05, 0) is 31.5 Å². The van der Waals surface area contributed by atoms with Gasteiger partial charge >= 0.3 is 0 Å². The molecule has 1 N–H and O–H groups in total. The summed E-state index contributed by atoms with van der Waals surface area (Å²) in [5.74, 6) is -0.320. The highest BCUT2D eigenvalue weighted by Crippen LogP contribution is 2.18. The number of anilines is 1. The van der Waals surface area contributed by atoms with E-state index in [-0.39, 0.29) is 5.82 Å². The third-order valence-corrected chi connectivity index (χ3v) is 2.15. The second-order valence-corrected chi connectivity index (χ2v) is 3.54. The van der Waals surface area contributed by atoms with Crippen LogP contribution in [0.15, 0.2) is 18.2 Å². The predicted octanol–water partition coefficient (Wildman–Crippen LogP) is 3.32. The molecule has 15 heavy (non-hydrogen) atoms. The highest BCUT2D eigenvalue weighted by atomic mass is 35.5. The third-order valence-electron chi connectivity index (χ3n) is 1.92. The molecule has 0 saturated heterocycles. The van der Waals surface area contributed by atoms with Crippen molar-refractivity contribution in [3.8, 4) is 0 Å². The Morgan fingerprint density at radius 1 is 1.47 bits per heavy atom. The average molecular weight is 232 g/mol. The smallest absolute Gasteiger partial charge is 0.147 e. The zero-order chi connectivity index (χ0) is 11.1. The molecule has 84 valence electrons. The fourth-order valence-electron chi connectivity index (χ4n) is 1.17. The molecule has 0 spiro atoms. The minimum atomic E-state index is -0.320. The molecule has 0 unspecified atom stereocenters. The van der Waals surface area contributed by atoms with Gasteiger partial charge < -0.3 is 10.1 Å². The minimum Gasteiger partial charge on any atom is -0.383 e. The monoisotopic (exact) mass is 231 g/mol. The molecule has 1 aromatic carbocycles. The number of hydrogen-bond donors (Lipinski definition) is 1. The van der Waals surface area contributed by atoms with Crippen molar-refractivity contribution in [1.29, 1.82) is 0 Å². The van der Waals surface area contributed by atoms with Crippen LogP contribution in [0.4, 0.5) is 10.1 Å². The Kier molecular flexibility index (Phi) is 5.43. The Balaban J connectivity index is 2.31. The van der Waals surface area contributed by atoms with Crippen molar-refractivity contribution < 1.29 is 9.13 Å². The van der Waals surface area contributed by atoms with Gasteiger partial charge in [-0.25, -0.2) is 4.39 Å². The Morgan fingerprint density at radius 2 is 2.27 bits per heavy atom. The number of halogens is 2. The lowest BCUT2D eigenvalue weighted by atomic mass is 10.3. The SMILES string of the molecule is CCOCCCNc1ccc(Cl)cc1F. The molecule has 0 fully saturated rings. The number of benzene rings is 1. The van der Waals surface area contributed by atoms with Gasteiger partial charge in [0.25, 0.3) is 0 Å². The van der Waals surface area contributed by atoms with Crippen LogP contribution in [-0.4, -0.2) is 19.8 Å². The lowest BCUT2D eigenvalue weighted by Crippen LogP contribution is -2.06. The molecule has 0 aliphatic rings. The summed E-state index contributed by atoms with van der Waals surface area (Å²) in [5, 5.41) is 3.40. The van der Waals surface area contributed by atoms with Crippen LogP contribution in [0.2, 0.25) is 5.02 Å². The van der Waals surface area contributed by atoms with Crippen LogP contribution in [0.3, 0.4) is 0 Å². The maximum Gasteiger partial charge on any atom is 0.147 e. The minimum absolute atomic E-state index is 0.320. The molecule has 0 atom stereocenters. The second kappa shape index (κ2) is 6.64. The van der Waals surface area contributed by atoms with Crippen molar-refractivity contribution in [2.45, 2.75) is 13.3 Å². The molecule has 1 rings (SSSR count). The van der Waals surface area contributed by atoms with Crippen LogP contribution in [0.1, 0.15) is 13.3 Å². The first-order valence-electron chi connectivity index (χ1n) is 5.00. The normalized spacial score (nSPS) is 10.3. The van der Waals surface area contributed by atoms with E-state index in [2.05, 4.69) is 5.32 Å². The summed E-state index contributed by atoms with van der Waals surface area (Å²) in [7, 11) is 0. The first kappa shape index (κ1) is 12.3. The molecule has 0 aromatic heterocycles. The Morgan fingerprint density at radius 3 is 2.93 bits per heavy atom. The van der Waals surface area contributed by atoms with E-state index in [0.717, 1.165) is 13.0 Å². The van der Waals surface area contributed by atoms with Gasteiger partial charge in [0.1, 0.15) is 5.82 Å².